The molecule has 108 valence electrons. The molecule has 0 aliphatic heterocycles. The molecule has 0 bridgehead atoms. The Morgan fingerprint density at radius 1 is 1.33 bits per heavy atom. The number of anilines is 1. The highest BCUT2D eigenvalue weighted by molar-refractivity contribution is 5.91. The van der Waals surface area contributed by atoms with Crippen molar-refractivity contribution in [3.05, 3.63) is 24.7 Å². The maximum Gasteiger partial charge on any atom is 0.404 e. The molecular weight excluding hydrogens is 276 g/mol. The summed E-state index contributed by atoms with van der Waals surface area (Å²) in [6.07, 6.45) is 3.77. The van der Waals surface area contributed by atoms with E-state index in [1.54, 1.807) is 16.8 Å². The van der Waals surface area contributed by atoms with Crippen molar-refractivity contribution < 1.29 is 14.7 Å². The number of nitrogens with zero attached hydrogens (tertiary/aromatic N) is 3. The summed E-state index contributed by atoms with van der Waals surface area (Å²) in [5, 5.41) is 13.3. The van der Waals surface area contributed by atoms with Gasteiger partial charge >= 0.3 is 6.09 Å². The average Bonchev–Trinajstić information content (AvgIpc) is 3.04. The number of rotatable bonds is 4. The number of amides is 2. The summed E-state index contributed by atoms with van der Waals surface area (Å²) in [4.78, 5) is 33.5. The zero-order valence-corrected chi connectivity index (χ0v) is 10.8. The van der Waals surface area contributed by atoms with Crippen LogP contribution in [0.5, 0.6) is 0 Å². The lowest BCUT2D eigenvalue weighted by Gasteiger charge is -2.05. The molecule has 0 aliphatic carbocycles. The van der Waals surface area contributed by atoms with Gasteiger partial charge in [0.15, 0.2) is 11.3 Å². The summed E-state index contributed by atoms with van der Waals surface area (Å²) < 4.78 is 1.77. The van der Waals surface area contributed by atoms with Crippen molar-refractivity contribution in [2.75, 3.05) is 11.9 Å². The van der Waals surface area contributed by atoms with Gasteiger partial charge in [0.05, 0.1) is 17.9 Å². The third-order valence-electron chi connectivity index (χ3n) is 2.94. The minimum absolute atomic E-state index is 0.0426. The van der Waals surface area contributed by atoms with Crippen LogP contribution in [-0.2, 0) is 4.79 Å². The van der Waals surface area contributed by atoms with E-state index >= 15 is 0 Å². The maximum absolute atomic E-state index is 11.8. The first-order valence-electron chi connectivity index (χ1n) is 6.21. The van der Waals surface area contributed by atoms with Crippen LogP contribution in [0.2, 0.25) is 0 Å². The topological polar surface area (TPSA) is 124 Å². The molecule has 3 heterocycles. The molecule has 0 aromatic carbocycles. The number of aromatic nitrogens is 4. The first kappa shape index (κ1) is 12.9. The lowest BCUT2D eigenvalue weighted by Crippen LogP contribution is -2.26. The molecular formula is C12H12N6O3. The Labute approximate surface area is 118 Å². The van der Waals surface area contributed by atoms with E-state index in [0.717, 1.165) is 5.52 Å². The standard InChI is InChI=1S/C12H12N6O3/c19-10(2-4-14-12(20)21)17-9-6-15-8-5-16-11-7(18(8)9)1-3-13-11/h1,3,5-6,13-14H,2,4H2,(H,17,19)(H,20,21). The van der Waals surface area contributed by atoms with E-state index in [2.05, 4.69) is 25.6 Å². The number of hydrogen-bond donors (Lipinski definition) is 4. The normalized spacial score (nSPS) is 10.9. The van der Waals surface area contributed by atoms with Gasteiger partial charge in [-0.3, -0.25) is 9.20 Å². The largest absolute Gasteiger partial charge is 0.465 e. The molecule has 3 rings (SSSR count). The Kier molecular flexibility index (Phi) is 3.14. The number of hydrogen-bond acceptors (Lipinski definition) is 4. The Morgan fingerprint density at radius 3 is 3.00 bits per heavy atom. The van der Waals surface area contributed by atoms with Gasteiger partial charge in [-0.25, -0.2) is 14.8 Å². The minimum atomic E-state index is -1.15. The van der Waals surface area contributed by atoms with Gasteiger partial charge in [-0.05, 0) is 6.07 Å². The molecule has 3 aromatic heterocycles. The number of carbonyl (C=O) groups excluding carboxylic acids is 1. The van der Waals surface area contributed by atoms with Crippen LogP contribution in [0.4, 0.5) is 10.6 Å². The number of imidazole rings is 1. The second-order valence-electron chi connectivity index (χ2n) is 4.34. The Morgan fingerprint density at radius 2 is 2.19 bits per heavy atom. The number of carbonyl (C=O) groups is 2. The van der Waals surface area contributed by atoms with Crippen LogP contribution in [0.1, 0.15) is 6.42 Å². The summed E-state index contributed by atoms with van der Waals surface area (Å²) in [6, 6.07) is 1.83. The van der Waals surface area contributed by atoms with Crippen LogP contribution >= 0.6 is 0 Å². The third kappa shape index (κ3) is 2.48. The number of aromatic amines is 1. The van der Waals surface area contributed by atoms with Gasteiger partial charge in [-0.15, -0.1) is 0 Å². The quantitative estimate of drug-likeness (QED) is 0.565. The van der Waals surface area contributed by atoms with Gasteiger partial charge in [-0.1, -0.05) is 0 Å². The van der Waals surface area contributed by atoms with Gasteiger partial charge in [-0.2, -0.15) is 0 Å². The molecule has 3 aromatic rings. The van der Waals surface area contributed by atoms with Crippen LogP contribution in [0.25, 0.3) is 16.8 Å². The lowest BCUT2D eigenvalue weighted by molar-refractivity contribution is -0.116. The number of fused-ring (bicyclic) bond motifs is 3. The lowest BCUT2D eigenvalue weighted by atomic mass is 10.4. The molecule has 0 atom stereocenters. The van der Waals surface area contributed by atoms with E-state index in [1.807, 2.05) is 6.07 Å². The van der Waals surface area contributed by atoms with Gasteiger partial charge in [0.2, 0.25) is 5.91 Å². The first-order valence-corrected chi connectivity index (χ1v) is 6.21. The number of nitrogens with one attached hydrogen (secondary N) is 3. The van der Waals surface area contributed by atoms with Crippen LogP contribution in [0.3, 0.4) is 0 Å². The first-order chi connectivity index (χ1) is 10.1. The molecule has 0 saturated carbocycles. The molecule has 0 aliphatic rings. The summed E-state index contributed by atoms with van der Waals surface area (Å²) >= 11 is 0. The van der Waals surface area contributed by atoms with Crippen molar-refractivity contribution >= 4 is 34.6 Å². The van der Waals surface area contributed by atoms with Crippen LogP contribution in [0.15, 0.2) is 24.7 Å². The van der Waals surface area contributed by atoms with E-state index in [1.165, 1.54) is 6.20 Å². The van der Waals surface area contributed by atoms with Gasteiger partial charge in [0, 0.05) is 19.2 Å². The van der Waals surface area contributed by atoms with Crippen molar-refractivity contribution in [3.8, 4) is 0 Å². The molecule has 0 unspecified atom stereocenters. The molecule has 0 fully saturated rings. The van der Waals surface area contributed by atoms with Gasteiger partial charge in [0.25, 0.3) is 0 Å². The molecule has 9 nitrogen and oxygen atoms in total. The van der Waals surface area contributed by atoms with Gasteiger partial charge in [0.1, 0.15) is 5.82 Å². The molecule has 2 amide bonds. The van der Waals surface area contributed by atoms with Crippen molar-refractivity contribution in [1.82, 2.24) is 24.7 Å². The Hall–Kier alpha value is -3.10. The molecule has 0 radical (unpaired) electrons. The summed E-state index contributed by atoms with van der Waals surface area (Å²) in [7, 11) is 0. The summed E-state index contributed by atoms with van der Waals surface area (Å²) in [6.45, 7) is 0.0546. The maximum atomic E-state index is 11.8. The Balaban J connectivity index is 1.82. The monoisotopic (exact) mass is 288 g/mol. The zero-order valence-electron chi connectivity index (χ0n) is 10.8. The van der Waals surface area contributed by atoms with Crippen molar-refractivity contribution in [3.63, 3.8) is 0 Å². The molecule has 9 heteroatoms. The molecule has 0 spiro atoms. The Bertz CT molecular complexity index is 821. The van der Waals surface area contributed by atoms with E-state index in [-0.39, 0.29) is 18.9 Å². The van der Waals surface area contributed by atoms with Crippen LogP contribution < -0.4 is 10.6 Å². The van der Waals surface area contributed by atoms with Crippen LogP contribution in [0, 0.1) is 0 Å². The highest BCUT2D eigenvalue weighted by atomic mass is 16.4. The van der Waals surface area contributed by atoms with E-state index in [0.29, 0.717) is 17.1 Å². The predicted octanol–water partition coefficient (Wildman–Crippen LogP) is 0.807. The molecule has 0 saturated heterocycles. The number of carboxylic acid groups (broad SMARTS) is 1. The zero-order chi connectivity index (χ0) is 14.8. The fourth-order valence-electron chi connectivity index (χ4n) is 2.05. The second kappa shape index (κ2) is 5.12. The summed E-state index contributed by atoms with van der Waals surface area (Å²) in [5.41, 5.74) is 2.09. The van der Waals surface area contributed by atoms with Gasteiger partial charge < -0.3 is 20.7 Å². The fraction of sp³-hybridized carbons (Fsp3) is 0.167. The smallest absolute Gasteiger partial charge is 0.404 e. The highest BCUT2D eigenvalue weighted by Crippen LogP contribution is 2.18. The molecule has 21 heavy (non-hydrogen) atoms. The van der Waals surface area contributed by atoms with E-state index in [4.69, 9.17) is 5.11 Å². The fourth-order valence-corrected chi connectivity index (χ4v) is 2.05. The third-order valence-corrected chi connectivity index (χ3v) is 2.94. The van der Waals surface area contributed by atoms with Crippen molar-refractivity contribution in [2.45, 2.75) is 6.42 Å². The SMILES string of the molecule is O=C(O)NCCC(=O)Nc1cnc2cnc3[nH]ccc3n12. The average molecular weight is 288 g/mol. The number of H-pyrrole nitrogens is 1. The van der Waals surface area contributed by atoms with E-state index < -0.39 is 6.09 Å². The predicted molar refractivity (Wildman–Crippen MR) is 74.1 cm³/mol. The van der Waals surface area contributed by atoms with Crippen LogP contribution in [-0.4, -0.2) is 43.0 Å². The van der Waals surface area contributed by atoms with Crippen molar-refractivity contribution in [2.24, 2.45) is 0 Å². The van der Waals surface area contributed by atoms with Crippen molar-refractivity contribution in [1.29, 1.82) is 0 Å². The van der Waals surface area contributed by atoms with E-state index in [9.17, 15) is 9.59 Å². The molecule has 4 N–H and O–H groups in total. The second-order valence-corrected chi connectivity index (χ2v) is 4.34. The summed E-state index contributed by atoms with van der Waals surface area (Å²) in [5.74, 6) is 0.211. The minimum Gasteiger partial charge on any atom is -0.465 e. The highest BCUT2D eigenvalue weighted by Gasteiger charge is 2.11.